The second-order valence-corrected chi connectivity index (χ2v) is 8.94. The van der Waals surface area contributed by atoms with Crippen LogP contribution in [0.2, 0.25) is 0 Å². The Balaban J connectivity index is 1.16. The van der Waals surface area contributed by atoms with Crippen LogP contribution in [-0.2, 0) is 4.79 Å². The molecular formula is C22H24N2O5. The fourth-order valence-electron chi connectivity index (χ4n) is 5.98. The summed E-state index contributed by atoms with van der Waals surface area (Å²) in [5.41, 5.74) is -0.209. The maximum atomic E-state index is 12.4. The highest BCUT2D eigenvalue weighted by Crippen LogP contribution is 2.55. The van der Waals surface area contributed by atoms with Gasteiger partial charge in [0.1, 0.15) is 11.3 Å². The molecule has 1 aromatic heterocycles. The molecule has 0 spiro atoms. The molecule has 152 valence electrons. The molecule has 0 aliphatic heterocycles. The molecule has 1 aromatic carbocycles. The number of hydrogen-bond donors (Lipinski definition) is 2. The number of fused-ring (bicyclic) bond motifs is 1. The van der Waals surface area contributed by atoms with Gasteiger partial charge in [0.2, 0.25) is 0 Å². The number of urea groups is 1. The summed E-state index contributed by atoms with van der Waals surface area (Å²) in [7, 11) is 0. The molecule has 0 atom stereocenters. The molecule has 1 heterocycles. The molecule has 2 aromatic rings. The van der Waals surface area contributed by atoms with Gasteiger partial charge in [-0.1, -0.05) is 0 Å². The van der Waals surface area contributed by atoms with E-state index in [0.29, 0.717) is 29.1 Å². The molecule has 2 N–H and O–H groups in total. The molecule has 4 aliphatic rings. The summed E-state index contributed by atoms with van der Waals surface area (Å²) in [5, 5.41) is 6.25. The van der Waals surface area contributed by atoms with Gasteiger partial charge in [-0.2, -0.15) is 0 Å². The molecule has 4 bridgehead atoms. The minimum atomic E-state index is -0.512. The topological polar surface area (TPSA) is 97.6 Å². The average Bonchev–Trinajstić information content (AvgIpc) is 2.64. The lowest BCUT2D eigenvalue weighted by Crippen LogP contribution is -2.62. The van der Waals surface area contributed by atoms with Crippen molar-refractivity contribution in [2.24, 2.45) is 17.8 Å². The van der Waals surface area contributed by atoms with Crippen LogP contribution in [0.25, 0.3) is 11.0 Å². The number of ether oxygens (including phenoxy) is 1. The fourth-order valence-corrected chi connectivity index (χ4v) is 5.98. The predicted molar refractivity (Wildman–Crippen MR) is 106 cm³/mol. The summed E-state index contributed by atoms with van der Waals surface area (Å²) in [6, 6.07) is 7.55. The molecule has 29 heavy (non-hydrogen) atoms. The third-order valence-corrected chi connectivity index (χ3v) is 6.63. The molecule has 7 heteroatoms. The predicted octanol–water partition coefficient (Wildman–Crippen LogP) is 2.97. The van der Waals surface area contributed by atoms with Crippen molar-refractivity contribution in [2.75, 3.05) is 6.61 Å². The van der Waals surface area contributed by atoms with Crippen LogP contribution in [-0.4, -0.2) is 24.1 Å². The number of imide groups is 1. The minimum absolute atomic E-state index is 0.143. The molecule has 4 fully saturated rings. The van der Waals surface area contributed by atoms with E-state index in [1.807, 2.05) is 0 Å². The molecule has 6 rings (SSSR count). The van der Waals surface area contributed by atoms with Crippen LogP contribution in [0.1, 0.15) is 38.5 Å². The lowest BCUT2D eigenvalue weighted by atomic mass is 9.53. The zero-order valence-corrected chi connectivity index (χ0v) is 16.1. The van der Waals surface area contributed by atoms with E-state index in [9.17, 15) is 14.4 Å². The van der Waals surface area contributed by atoms with Gasteiger partial charge in [-0.15, -0.1) is 0 Å². The van der Waals surface area contributed by atoms with Crippen molar-refractivity contribution in [1.82, 2.24) is 10.6 Å². The quantitative estimate of drug-likeness (QED) is 0.775. The summed E-state index contributed by atoms with van der Waals surface area (Å²) in [4.78, 5) is 35.9. The van der Waals surface area contributed by atoms with Crippen LogP contribution in [0.3, 0.4) is 0 Å². The van der Waals surface area contributed by atoms with Gasteiger partial charge in [-0.05, 0) is 74.5 Å². The summed E-state index contributed by atoms with van der Waals surface area (Å²) < 4.78 is 10.6. The van der Waals surface area contributed by atoms with Gasteiger partial charge in [0, 0.05) is 23.1 Å². The number of rotatable bonds is 4. The van der Waals surface area contributed by atoms with Gasteiger partial charge in [0.25, 0.3) is 5.91 Å². The van der Waals surface area contributed by atoms with Crippen molar-refractivity contribution in [3.05, 3.63) is 40.8 Å². The van der Waals surface area contributed by atoms with E-state index in [2.05, 4.69) is 10.6 Å². The smallest absolute Gasteiger partial charge is 0.336 e. The average molecular weight is 396 g/mol. The Morgan fingerprint density at radius 3 is 2.38 bits per heavy atom. The molecular weight excluding hydrogens is 372 g/mol. The van der Waals surface area contributed by atoms with Gasteiger partial charge < -0.3 is 14.5 Å². The molecule has 0 unspecified atom stereocenters. The van der Waals surface area contributed by atoms with Crippen LogP contribution in [0.15, 0.2) is 39.5 Å². The summed E-state index contributed by atoms with van der Waals surface area (Å²) in [6.07, 6.45) is 6.96. The summed E-state index contributed by atoms with van der Waals surface area (Å²) >= 11 is 0. The Labute approximate surface area is 167 Å². The van der Waals surface area contributed by atoms with Crippen LogP contribution in [0, 0.1) is 17.8 Å². The first kappa shape index (κ1) is 18.2. The monoisotopic (exact) mass is 396 g/mol. The van der Waals surface area contributed by atoms with Gasteiger partial charge in [-0.3, -0.25) is 10.1 Å². The van der Waals surface area contributed by atoms with E-state index < -0.39 is 17.6 Å². The lowest BCUT2D eigenvalue weighted by Gasteiger charge is -2.56. The first-order valence-electron chi connectivity index (χ1n) is 10.3. The van der Waals surface area contributed by atoms with E-state index in [0.717, 1.165) is 24.6 Å². The lowest BCUT2D eigenvalue weighted by molar-refractivity contribution is -0.122. The van der Waals surface area contributed by atoms with Crippen molar-refractivity contribution in [1.29, 1.82) is 0 Å². The second kappa shape index (κ2) is 6.90. The molecule has 3 amide bonds. The second-order valence-electron chi connectivity index (χ2n) is 8.94. The zero-order chi connectivity index (χ0) is 20.0. The largest absolute Gasteiger partial charge is 0.484 e. The highest BCUT2D eigenvalue weighted by molar-refractivity contribution is 5.95. The van der Waals surface area contributed by atoms with Crippen LogP contribution >= 0.6 is 0 Å². The molecule has 7 nitrogen and oxygen atoms in total. The number of hydrogen-bond acceptors (Lipinski definition) is 5. The van der Waals surface area contributed by atoms with Crippen molar-refractivity contribution in [2.45, 2.75) is 44.1 Å². The first-order valence-corrected chi connectivity index (χ1v) is 10.3. The molecule has 0 radical (unpaired) electrons. The molecule has 0 saturated heterocycles. The number of carbonyl (C=O) groups is 2. The number of amides is 3. The van der Waals surface area contributed by atoms with Crippen molar-refractivity contribution in [3.8, 4) is 5.75 Å². The van der Waals surface area contributed by atoms with E-state index in [4.69, 9.17) is 9.15 Å². The molecule has 4 saturated carbocycles. The van der Waals surface area contributed by atoms with Gasteiger partial charge >= 0.3 is 11.7 Å². The molecule has 4 aliphatic carbocycles. The van der Waals surface area contributed by atoms with Crippen LogP contribution < -0.4 is 21.0 Å². The fraction of sp³-hybridized carbons (Fsp3) is 0.500. The van der Waals surface area contributed by atoms with E-state index in [1.54, 1.807) is 24.3 Å². The van der Waals surface area contributed by atoms with Crippen molar-refractivity contribution < 1.29 is 18.7 Å². The third kappa shape index (κ3) is 3.73. The first-order chi connectivity index (χ1) is 14.0. The van der Waals surface area contributed by atoms with Gasteiger partial charge in [-0.25, -0.2) is 9.59 Å². The Morgan fingerprint density at radius 1 is 1.03 bits per heavy atom. The van der Waals surface area contributed by atoms with E-state index in [-0.39, 0.29) is 12.1 Å². The Hall–Kier alpha value is -2.83. The van der Waals surface area contributed by atoms with Crippen LogP contribution in [0.5, 0.6) is 5.75 Å². The van der Waals surface area contributed by atoms with Gasteiger partial charge in [0.15, 0.2) is 6.61 Å². The Bertz CT molecular complexity index is 992. The SMILES string of the molecule is O=C(COc1ccc2ccc(=O)oc2c1)NC(=O)NC12CC3CC(CC(C3)C1)C2. The van der Waals surface area contributed by atoms with Crippen molar-refractivity contribution in [3.63, 3.8) is 0 Å². The Morgan fingerprint density at radius 2 is 1.69 bits per heavy atom. The van der Waals surface area contributed by atoms with E-state index >= 15 is 0 Å². The standard InChI is InChI=1S/C22H24N2O5/c25-19(12-28-17-3-1-16-2-4-20(26)29-18(16)8-17)23-21(27)24-22-9-13-5-14(10-22)7-15(6-13)11-22/h1-4,8,13-15H,5-7,9-12H2,(H2,23,24,25,27). The number of benzene rings is 1. The minimum Gasteiger partial charge on any atom is -0.484 e. The highest BCUT2D eigenvalue weighted by Gasteiger charge is 2.51. The van der Waals surface area contributed by atoms with Gasteiger partial charge in [0.05, 0.1) is 0 Å². The van der Waals surface area contributed by atoms with Crippen LogP contribution in [0.4, 0.5) is 4.79 Å². The Kier molecular flexibility index (Phi) is 4.33. The van der Waals surface area contributed by atoms with E-state index in [1.165, 1.54) is 25.3 Å². The summed E-state index contributed by atoms with van der Waals surface area (Å²) in [6.45, 7) is -0.295. The number of nitrogens with one attached hydrogen (secondary N) is 2. The normalized spacial score (nSPS) is 29.6. The van der Waals surface area contributed by atoms with Crippen molar-refractivity contribution >= 4 is 22.9 Å². The third-order valence-electron chi connectivity index (χ3n) is 6.63. The maximum Gasteiger partial charge on any atom is 0.336 e. The maximum absolute atomic E-state index is 12.4. The number of carbonyl (C=O) groups excluding carboxylic acids is 2. The zero-order valence-electron chi connectivity index (χ0n) is 16.1. The summed E-state index contributed by atoms with van der Waals surface area (Å²) in [5.74, 6) is 2.03. The highest BCUT2D eigenvalue weighted by atomic mass is 16.5.